The number of carbonyl (C=O) groups is 1. The van der Waals surface area contributed by atoms with Crippen LogP contribution in [0.1, 0.15) is 50.4 Å². The van der Waals surface area contributed by atoms with E-state index in [0.717, 1.165) is 31.3 Å². The molecule has 1 amide bonds. The maximum Gasteiger partial charge on any atom is 0.259 e. The molecule has 2 heterocycles. The topological polar surface area (TPSA) is 53.2 Å². The van der Waals surface area contributed by atoms with Crippen LogP contribution < -0.4 is 5.43 Å². The molecule has 4 nitrogen and oxygen atoms in total. The lowest BCUT2D eigenvalue weighted by molar-refractivity contribution is 0.0630. The molecule has 0 spiro atoms. The molecule has 1 fully saturated rings. The van der Waals surface area contributed by atoms with Gasteiger partial charge in [0.1, 0.15) is 5.56 Å². The van der Waals surface area contributed by atoms with Crippen LogP contribution in [0.3, 0.4) is 0 Å². The molecule has 1 saturated heterocycles. The molecular formula is C20H26N2O2. The summed E-state index contributed by atoms with van der Waals surface area (Å²) in [5.41, 5.74) is 0.854. The fraction of sp³-hybridized carbons (Fsp3) is 0.500. The summed E-state index contributed by atoms with van der Waals surface area (Å²) in [6, 6.07) is 7.54. The maximum atomic E-state index is 13.1. The number of nitrogens with zero attached hydrogens (tertiary/aromatic N) is 1. The number of hydrogen-bond acceptors (Lipinski definition) is 2. The van der Waals surface area contributed by atoms with Crippen molar-refractivity contribution in [1.29, 1.82) is 0 Å². The van der Waals surface area contributed by atoms with Gasteiger partial charge in [-0.15, -0.1) is 0 Å². The van der Waals surface area contributed by atoms with Crippen LogP contribution in [0.25, 0.3) is 10.9 Å². The van der Waals surface area contributed by atoms with Crippen LogP contribution in [0.5, 0.6) is 0 Å². The summed E-state index contributed by atoms with van der Waals surface area (Å²) in [5, 5.41) is 0.577. The number of likely N-dealkylation sites (tertiary alicyclic amines) is 1. The smallest absolute Gasteiger partial charge is 0.259 e. The quantitative estimate of drug-likeness (QED) is 0.912. The first kappa shape index (κ1) is 16.7. The maximum absolute atomic E-state index is 13.1. The van der Waals surface area contributed by atoms with Crippen LogP contribution >= 0.6 is 0 Å². The summed E-state index contributed by atoms with van der Waals surface area (Å²) in [4.78, 5) is 31.0. The predicted octanol–water partition coefficient (Wildman–Crippen LogP) is 3.81. The number of fused-ring (bicyclic) bond motifs is 1. The number of carbonyl (C=O) groups excluding carboxylic acids is 1. The fourth-order valence-electron chi connectivity index (χ4n) is 3.71. The molecule has 1 N–H and O–H groups in total. The first-order chi connectivity index (χ1) is 11.5. The number of nitrogens with one attached hydrogen (secondary N) is 1. The van der Waals surface area contributed by atoms with Gasteiger partial charge in [-0.05, 0) is 43.2 Å². The van der Waals surface area contributed by atoms with E-state index >= 15 is 0 Å². The minimum Gasteiger partial charge on any atom is -0.360 e. The van der Waals surface area contributed by atoms with Gasteiger partial charge < -0.3 is 9.88 Å². The average molecular weight is 326 g/mol. The van der Waals surface area contributed by atoms with E-state index in [1.807, 2.05) is 23.1 Å². The molecule has 1 aliphatic heterocycles. The molecule has 0 radical (unpaired) electrons. The highest BCUT2D eigenvalue weighted by Gasteiger charge is 2.31. The van der Waals surface area contributed by atoms with Crippen LogP contribution in [0.4, 0.5) is 0 Å². The molecule has 0 aliphatic carbocycles. The van der Waals surface area contributed by atoms with Gasteiger partial charge in [0.15, 0.2) is 0 Å². The number of benzene rings is 1. The molecule has 128 valence electrons. The summed E-state index contributed by atoms with van der Waals surface area (Å²) >= 11 is 0. The Kier molecular flexibility index (Phi) is 4.74. The number of H-pyrrole nitrogens is 1. The van der Waals surface area contributed by atoms with Crippen molar-refractivity contribution in [1.82, 2.24) is 9.88 Å². The lowest BCUT2D eigenvalue weighted by Crippen LogP contribution is -2.44. The number of rotatable bonds is 2. The van der Waals surface area contributed by atoms with Gasteiger partial charge in [0, 0.05) is 29.7 Å². The second-order valence-electron chi connectivity index (χ2n) is 7.36. The van der Waals surface area contributed by atoms with E-state index in [4.69, 9.17) is 0 Å². The van der Waals surface area contributed by atoms with E-state index < -0.39 is 0 Å². The highest BCUT2D eigenvalue weighted by molar-refractivity contribution is 5.97. The van der Waals surface area contributed by atoms with E-state index in [9.17, 15) is 9.59 Å². The molecule has 3 rings (SSSR count). The van der Waals surface area contributed by atoms with Crippen molar-refractivity contribution in [2.24, 2.45) is 11.8 Å². The number of pyridine rings is 1. The summed E-state index contributed by atoms with van der Waals surface area (Å²) in [7, 11) is 0. The van der Waals surface area contributed by atoms with Gasteiger partial charge in [-0.3, -0.25) is 9.59 Å². The first-order valence-corrected chi connectivity index (χ1v) is 8.90. The third-order valence-corrected chi connectivity index (χ3v) is 5.27. The van der Waals surface area contributed by atoms with Crippen molar-refractivity contribution >= 4 is 16.8 Å². The van der Waals surface area contributed by atoms with Gasteiger partial charge in [-0.2, -0.15) is 0 Å². The van der Waals surface area contributed by atoms with Crippen LogP contribution in [-0.2, 0) is 0 Å². The van der Waals surface area contributed by atoms with E-state index in [-0.39, 0.29) is 22.9 Å². The van der Waals surface area contributed by atoms with Gasteiger partial charge in [0.25, 0.3) is 5.91 Å². The zero-order chi connectivity index (χ0) is 17.3. The minimum absolute atomic E-state index is 0.130. The molecule has 1 aromatic heterocycles. The standard InChI is InChI=1S/C20H26N2O2/c1-13(2)18-9-8-14(3)10-11-22(18)20(24)16-12-21-17-7-5-4-6-15(17)19(16)23/h4-7,12-14,18H,8-11H2,1-3H3,(H,21,23). The normalized spacial score (nSPS) is 21.9. The van der Waals surface area contributed by atoms with E-state index in [2.05, 4.69) is 25.8 Å². The molecule has 1 aliphatic rings. The summed E-state index contributed by atoms with van der Waals surface area (Å²) in [6.07, 6.45) is 4.73. The van der Waals surface area contributed by atoms with Crippen LogP contribution in [0.15, 0.2) is 35.3 Å². The molecule has 2 aromatic rings. The first-order valence-electron chi connectivity index (χ1n) is 8.90. The van der Waals surface area contributed by atoms with Gasteiger partial charge in [0.05, 0.1) is 0 Å². The third-order valence-electron chi connectivity index (χ3n) is 5.27. The zero-order valence-electron chi connectivity index (χ0n) is 14.7. The van der Waals surface area contributed by atoms with Crippen molar-refractivity contribution in [2.45, 2.75) is 46.1 Å². The van der Waals surface area contributed by atoms with Gasteiger partial charge in [-0.25, -0.2) is 0 Å². The Morgan fingerprint density at radius 3 is 2.71 bits per heavy atom. The van der Waals surface area contributed by atoms with Gasteiger partial charge >= 0.3 is 0 Å². The zero-order valence-corrected chi connectivity index (χ0v) is 14.7. The number of para-hydroxylation sites is 1. The molecule has 1 aromatic carbocycles. The van der Waals surface area contributed by atoms with Crippen LogP contribution in [-0.4, -0.2) is 28.4 Å². The largest absolute Gasteiger partial charge is 0.360 e. The second-order valence-corrected chi connectivity index (χ2v) is 7.36. The number of aromatic nitrogens is 1. The molecular weight excluding hydrogens is 300 g/mol. The van der Waals surface area contributed by atoms with Crippen molar-refractivity contribution < 1.29 is 4.79 Å². The Morgan fingerprint density at radius 2 is 1.96 bits per heavy atom. The number of amides is 1. The monoisotopic (exact) mass is 326 g/mol. The van der Waals surface area contributed by atoms with Gasteiger partial charge in [-0.1, -0.05) is 32.9 Å². The molecule has 4 heteroatoms. The SMILES string of the molecule is CC1CCC(C(C)C)N(C(=O)c2c[nH]c3ccccc3c2=O)CC1. The summed E-state index contributed by atoms with van der Waals surface area (Å²) < 4.78 is 0. The second kappa shape index (κ2) is 6.80. The molecule has 2 atom stereocenters. The Morgan fingerprint density at radius 1 is 1.21 bits per heavy atom. The summed E-state index contributed by atoms with van der Waals surface area (Å²) in [6.45, 7) is 7.29. The van der Waals surface area contributed by atoms with E-state index in [1.165, 1.54) is 0 Å². The van der Waals surface area contributed by atoms with E-state index in [0.29, 0.717) is 17.2 Å². The van der Waals surface area contributed by atoms with Crippen molar-refractivity contribution in [3.8, 4) is 0 Å². The Labute approximate surface area is 142 Å². The summed E-state index contributed by atoms with van der Waals surface area (Å²) in [5.74, 6) is 0.882. The Bertz CT molecular complexity index is 794. The van der Waals surface area contributed by atoms with Crippen LogP contribution in [0.2, 0.25) is 0 Å². The minimum atomic E-state index is -0.172. The molecule has 2 unspecified atom stereocenters. The number of hydrogen-bond donors (Lipinski definition) is 1. The van der Waals surface area contributed by atoms with Crippen molar-refractivity contribution in [2.75, 3.05) is 6.54 Å². The average Bonchev–Trinajstić information content (AvgIpc) is 2.77. The lowest BCUT2D eigenvalue weighted by Gasteiger charge is -2.32. The lowest BCUT2D eigenvalue weighted by atomic mass is 9.95. The fourth-order valence-corrected chi connectivity index (χ4v) is 3.71. The Hall–Kier alpha value is -2.10. The van der Waals surface area contributed by atoms with Crippen molar-refractivity contribution in [3.63, 3.8) is 0 Å². The highest BCUT2D eigenvalue weighted by atomic mass is 16.2. The molecule has 24 heavy (non-hydrogen) atoms. The van der Waals surface area contributed by atoms with Crippen LogP contribution in [0, 0.1) is 11.8 Å². The van der Waals surface area contributed by atoms with Gasteiger partial charge in [0.2, 0.25) is 5.43 Å². The predicted molar refractivity (Wildman–Crippen MR) is 97.2 cm³/mol. The molecule has 0 bridgehead atoms. The molecule has 0 saturated carbocycles. The highest BCUT2D eigenvalue weighted by Crippen LogP contribution is 2.27. The number of aromatic amines is 1. The third kappa shape index (κ3) is 3.10. The van der Waals surface area contributed by atoms with Crippen molar-refractivity contribution in [3.05, 3.63) is 46.2 Å². The Balaban J connectivity index is 2.00. The van der Waals surface area contributed by atoms with E-state index in [1.54, 1.807) is 12.3 Å².